The zero-order valence-corrected chi connectivity index (χ0v) is 19.2. The van der Waals surface area contributed by atoms with Crippen molar-refractivity contribution < 1.29 is 27.2 Å². The van der Waals surface area contributed by atoms with Crippen LogP contribution in [-0.4, -0.2) is 44.3 Å². The molecule has 1 amide bonds. The molecule has 3 rings (SSSR count). The summed E-state index contributed by atoms with van der Waals surface area (Å²) < 4.78 is 37.6. The van der Waals surface area contributed by atoms with Crippen molar-refractivity contribution in [3.63, 3.8) is 0 Å². The van der Waals surface area contributed by atoms with E-state index in [1.165, 1.54) is 28.6 Å². The highest BCUT2D eigenvalue weighted by atomic mass is 35.5. The van der Waals surface area contributed by atoms with Crippen LogP contribution in [-0.2, 0) is 24.3 Å². The number of rotatable bonds is 7. The van der Waals surface area contributed by atoms with Crippen molar-refractivity contribution in [3.8, 4) is 0 Å². The van der Waals surface area contributed by atoms with Crippen LogP contribution in [0.1, 0.15) is 37.2 Å². The molecule has 1 N–H and O–H groups in total. The van der Waals surface area contributed by atoms with Crippen LogP contribution in [0, 0.1) is 6.92 Å². The van der Waals surface area contributed by atoms with Gasteiger partial charge in [0, 0.05) is 19.2 Å². The second kappa shape index (κ2) is 10.8. The fraction of sp³-hybridized carbons (Fsp3) is 0.364. The van der Waals surface area contributed by atoms with Gasteiger partial charge in [0.15, 0.2) is 6.61 Å². The lowest BCUT2D eigenvalue weighted by Gasteiger charge is -2.20. The molecule has 0 unspecified atom stereocenters. The number of aryl methyl sites for hydroxylation is 1. The zero-order valence-electron chi connectivity index (χ0n) is 17.7. The molecule has 1 fully saturated rings. The fourth-order valence-corrected chi connectivity index (χ4v) is 4.96. The number of amides is 1. The summed E-state index contributed by atoms with van der Waals surface area (Å²) in [7, 11) is -3.70. The standard InChI is InChI=1S/C22H25ClN2O6S/c1-16-6-7-17(31-16)8-11-22(27)30-15-21(26)24-20-14-18(9-10-19(20)23)32(28,29)25-12-4-2-3-5-13-25/h6-11,14H,2-5,12-13,15H2,1H3,(H,24,26)/b11-8+. The van der Waals surface area contributed by atoms with Crippen molar-refractivity contribution in [2.45, 2.75) is 37.5 Å². The third-order valence-electron chi connectivity index (χ3n) is 4.91. The SMILES string of the molecule is Cc1ccc(/C=C/C(=O)OCC(=O)Nc2cc(S(=O)(=O)N3CCCCCC3)ccc2Cl)o1. The maximum atomic E-state index is 13.0. The van der Waals surface area contributed by atoms with Gasteiger partial charge in [0.05, 0.1) is 15.6 Å². The number of benzene rings is 1. The van der Waals surface area contributed by atoms with E-state index >= 15 is 0 Å². The minimum Gasteiger partial charge on any atom is -0.462 e. The summed E-state index contributed by atoms with van der Waals surface area (Å²) in [5.41, 5.74) is 0.130. The molecule has 10 heteroatoms. The van der Waals surface area contributed by atoms with E-state index in [2.05, 4.69) is 5.32 Å². The third-order valence-corrected chi connectivity index (χ3v) is 7.13. The number of hydrogen-bond donors (Lipinski definition) is 1. The first kappa shape index (κ1) is 24.0. The van der Waals surface area contributed by atoms with E-state index in [0.717, 1.165) is 31.8 Å². The predicted molar refractivity (Wildman–Crippen MR) is 121 cm³/mol. The highest BCUT2D eigenvalue weighted by molar-refractivity contribution is 7.89. The molecule has 1 saturated heterocycles. The molecule has 2 heterocycles. The predicted octanol–water partition coefficient (Wildman–Crippen LogP) is 4.00. The first-order chi connectivity index (χ1) is 15.3. The summed E-state index contributed by atoms with van der Waals surface area (Å²) >= 11 is 6.13. The van der Waals surface area contributed by atoms with E-state index < -0.39 is 28.5 Å². The molecule has 0 spiro atoms. The molecule has 0 saturated carbocycles. The Balaban J connectivity index is 1.61. The number of halogens is 1. The highest BCUT2D eigenvalue weighted by Gasteiger charge is 2.26. The Hall–Kier alpha value is -2.62. The zero-order chi connectivity index (χ0) is 23.1. The van der Waals surface area contributed by atoms with E-state index in [4.69, 9.17) is 20.8 Å². The van der Waals surface area contributed by atoms with Crippen LogP contribution >= 0.6 is 11.6 Å². The van der Waals surface area contributed by atoms with Crippen molar-refractivity contribution in [3.05, 3.63) is 53.0 Å². The molecule has 8 nitrogen and oxygen atoms in total. The molecule has 172 valence electrons. The molecule has 0 aliphatic carbocycles. The Morgan fingerprint density at radius 2 is 1.88 bits per heavy atom. The van der Waals surface area contributed by atoms with Crippen LogP contribution in [0.4, 0.5) is 5.69 Å². The lowest BCUT2D eigenvalue weighted by Crippen LogP contribution is -2.32. The van der Waals surface area contributed by atoms with Crippen molar-refractivity contribution >= 4 is 45.3 Å². The number of ether oxygens (including phenoxy) is 1. The molecular formula is C22H25ClN2O6S. The summed E-state index contributed by atoms with van der Waals surface area (Å²) in [6.45, 7) is 2.15. The average Bonchev–Trinajstić information content (AvgIpc) is 2.99. The van der Waals surface area contributed by atoms with Gasteiger partial charge in [0.25, 0.3) is 5.91 Å². The molecular weight excluding hydrogens is 456 g/mol. The van der Waals surface area contributed by atoms with Crippen LogP contribution < -0.4 is 5.32 Å². The van der Waals surface area contributed by atoms with Gasteiger partial charge in [-0.05, 0) is 56.2 Å². The molecule has 1 aromatic carbocycles. The second-order valence-corrected chi connectivity index (χ2v) is 9.74. The molecule has 0 bridgehead atoms. The third kappa shape index (κ3) is 6.44. The van der Waals surface area contributed by atoms with Crippen LogP contribution in [0.25, 0.3) is 6.08 Å². The number of sulfonamides is 1. The Morgan fingerprint density at radius 3 is 2.53 bits per heavy atom. The van der Waals surface area contributed by atoms with Gasteiger partial charge >= 0.3 is 5.97 Å². The quantitative estimate of drug-likeness (QED) is 0.474. The Kier molecular flexibility index (Phi) is 8.11. The smallest absolute Gasteiger partial charge is 0.331 e. The number of nitrogens with one attached hydrogen (secondary N) is 1. The fourth-order valence-electron chi connectivity index (χ4n) is 3.26. The van der Waals surface area contributed by atoms with Gasteiger partial charge in [-0.3, -0.25) is 4.79 Å². The monoisotopic (exact) mass is 480 g/mol. The molecule has 32 heavy (non-hydrogen) atoms. The van der Waals surface area contributed by atoms with Crippen LogP contribution in [0.3, 0.4) is 0 Å². The van der Waals surface area contributed by atoms with Gasteiger partial charge in [-0.2, -0.15) is 4.31 Å². The lowest BCUT2D eigenvalue weighted by molar-refractivity contribution is -0.142. The van der Waals surface area contributed by atoms with E-state index in [1.54, 1.807) is 19.1 Å². The minimum absolute atomic E-state index is 0.0489. The summed E-state index contributed by atoms with van der Waals surface area (Å²) in [4.78, 5) is 24.0. The number of nitrogens with zero attached hydrogens (tertiary/aromatic N) is 1. The maximum Gasteiger partial charge on any atom is 0.331 e. The minimum atomic E-state index is -3.70. The number of furan rings is 1. The van der Waals surface area contributed by atoms with E-state index in [0.29, 0.717) is 24.6 Å². The topological polar surface area (TPSA) is 106 Å². The van der Waals surface area contributed by atoms with Crippen molar-refractivity contribution in [2.24, 2.45) is 0 Å². The van der Waals surface area contributed by atoms with Crippen molar-refractivity contribution in [1.29, 1.82) is 0 Å². The number of carbonyl (C=O) groups excluding carboxylic acids is 2. The van der Waals surface area contributed by atoms with Gasteiger partial charge in [-0.15, -0.1) is 0 Å². The Labute approximate surface area is 192 Å². The lowest BCUT2D eigenvalue weighted by atomic mass is 10.2. The number of hydrogen-bond acceptors (Lipinski definition) is 6. The van der Waals surface area contributed by atoms with E-state index in [1.807, 2.05) is 0 Å². The molecule has 1 aliphatic rings. The van der Waals surface area contributed by atoms with E-state index in [-0.39, 0.29) is 15.6 Å². The normalized spacial score (nSPS) is 15.4. The summed E-state index contributed by atoms with van der Waals surface area (Å²) in [5, 5.41) is 2.67. The van der Waals surface area contributed by atoms with E-state index in [9.17, 15) is 18.0 Å². The van der Waals surface area contributed by atoms with Gasteiger partial charge in [-0.25, -0.2) is 13.2 Å². The molecule has 0 radical (unpaired) electrons. The first-order valence-corrected chi connectivity index (χ1v) is 12.1. The largest absolute Gasteiger partial charge is 0.462 e. The molecule has 1 aromatic heterocycles. The van der Waals surface area contributed by atoms with Gasteiger partial charge in [0.2, 0.25) is 10.0 Å². The number of esters is 1. The Morgan fingerprint density at radius 1 is 1.16 bits per heavy atom. The highest BCUT2D eigenvalue weighted by Crippen LogP contribution is 2.28. The molecule has 0 atom stereocenters. The summed E-state index contributed by atoms with van der Waals surface area (Å²) in [6.07, 6.45) is 6.21. The summed E-state index contributed by atoms with van der Waals surface area (Å²) in [5.74, 6) is -0.183. The van der Waals surface area contributed by atoms with Crippen LogP contribution in [0.5, 0.6) is 0 Å². The van der Waals surface area contributed by atoms with Gasteiger partial charge in [-0.1, -0.05) is 24.4 Å². The van der Waals surface area contributed by atoms with Crippen molar-refractivity contribution in [1.82, 2.24) is 4.31 Å². The second-order valence-electron chi connectivity index (χ2n) is 7.40. The molecule has 1 aliphatic heterocycles. The maximum absolute atomic E-state index is 13.0. The first-order valence-electron chi connectivity index (χ1n) is 10.3. The van der Waals surface area contributed by atoms with Gasteiger partial charge in [0.1, 0.15) is 11.5 Å². The number of carbonyl (C=O) groups is 2. The van der Waals surface area contributed by atoms with Crippen LogP contribution in [0.15, 0.2) is 45.7 Å². The average molecular weight is 481 g/mol. The number of anilines is 1. The summed E-state index contributed by atoms with van der Waals surface area (Å²) in [6, 6.07) is 7.60. The van der Waals surface area contributed by atoms with Crippen LogP contribution in [0.2, 0.25) is 5.02 Å². The van der Waals surface area contributed by atoms with Gasteiger partial charge < -0.3 is 14.5 Å². The molecule has 2 aromatic rings. The van der Waals surface area contributed by atoms with Crippen molar-refractivity contribution in [2.75, 3.05) is 25.0 Å². The Bertz CT molecular complexity index is 1100.